The fraction of sp³-hybridized carbons (Fsp3) is 0.286. The zero-order valence-corrected chi connectivity index (χ0v) is 13.4. The van der Waals surface area contributed by atoms with Crippen molar-refractivity contribution in [1.82, 2.24) is 20.8 Å². The third kappa shape index (κ3) is 4.46. The number of amides is 1. The van der Waals surface area contributed by atoms with Crippen LogP contribution in [0.3, 0.4) is 0 Å². The topological polar surface area (TPSA) is 69.8 Å². The fourth-order valence-corrected chi connectivity index (χ4v) is 1.92. The first-order chi connectivity index (χ1) is 9.61. The molecule has 1 aromatic heterocycles. The second kappa shape index (κ2) is 8.02. The Morgan fingerprint density at radius 3 is 2.81 bits per heavy atom. The van der Waals surface area contributed by atoms with E-state index in [9.17, 15) is 4.79 Å². The number of nitrogens with one attached hydrogen (secondary N) is 3. The molecule has 7 heteroatoms. The van der Waals surface area contributed by atoms with Gasteiger partial charge in [-0.1, -0.05) is 29.8 Å². The van der Waals surface area contributed by atoms with E-state index in [1.807, 2.05) is 32.2 Å². The van der Waals surface area contributed by atoms with Crippen molar-refractivity contribution in [2.75, 3.05) is 13.6 Å². The second-order valence-electron chi connectivity index (χ2n) is 4.55. The number of rotatable bonds is 5. The van der Waals surface area contributed by atoms with Crippen LogP contribution in [0.5, 0.6) is 0 Å². The highest BCUT2D eigenvalue weighted by Crippen LogP contribution is 2.26. The summed E-state index contributed by atoms with van der Waals surface area (Å²) >= 11 is 6.11. The minimum Gasteiger partial charge on any atom is -0.349 e. The van der Waals surface area contributed by atoms with Crippen LogP contribution in [0, 0.1) is 0 Å². The molecule has 0 bridgehead atoms. The molecule has 21 heavy (non-hydrogen) atoms. The van der Waals surface area contributed by atoms with E-state index >= 15 is 0 Å². The largest absolute Gasteiger partial charge is 0.349 e. The number of halogens is 2. The van der Waals surface area contributed by atoms with Crippen LogP contribution in [-0.2, 0) is 0 Å². The van der Waals surface area contributed by atoms with Crippen molar-refractivity contribution in [3.05, 3.63) is 41.0 Å². The Morgan fingerprint density at radius 2 is 2.14 bits per heavy atom. The zero-order chi connectivity index (χ0) is 14.5. The maximum absolute atomic E-state index is 12.0. The number of nitrogens with zero attached hydrogens (tertiary/aromatic N) is 1. The summed E-state index contributed by atoms with van der Waals surface area (Å²) in [4.78, 5) is 12.0. The molecule has 1 unspecified atom stereocenters. The zero-order valence-electron chi connectivity index (χ0n) is 11.8. The summed E-state index contributed by atoms with van der Waals surface area (Å²) < 4.78 is 0. The lowest BCUT2D eigenvalue weighted by Gasteiger charge is -2.10. The highest BCUT2D eigenvalue weighted by molar-refractivity contribution is 6.33. The van der Waals surface area contributed by atoms with Crippen molar-refractivity contribution in [1.29, 1.82) is 0 Å². The predicted molar refractivity (Wildman–Crippen MR) is 87.1 cm³/mol. The molecule has 0 aliphatic rings. The van der Waals surface area contributed by atoms with Gasteiger partial charge in [0.2, 0.25) is 0 Å². The molecule has 5 nitrogen and oxygen atoms in total. The lowest BCUT2D eigenvalue weighted by molar-refractivity contribution is 0.0945. The van der Waals surface area contributed by atoms with E-state index in [1.54, 1.807) is 12.1 Å². The number of aromatic nitrogens is 2. The Bertz CT molecular complexity index is 600. The summed E-state index contributed by atoms with van der Waals surface area (Å²) in [6, 6.07) is 9.30. The van der Waals surface area contributed by atoms with Gasteiger partial charge in [-0.3, -0.25) is 9.89 Å². The van der Waals surface area contributed by atoms with Crippen LogP contribution in [0.1, 0.15) is 17.4 Å². The molecule has 3 N–H and O–H groups in total. The van der Waals surface area contributed by atoms with Gasteiger partial charge < -0.3 is 10.6 Å². The average Bonchev–Trinajstić information content (AvgIpc) is 2.94. The molecule has 0 aliphatic heterocycles. The Kier molecular flexibility index (Phi) is 6.68. The lowest BCUT2D eigenvalue weighted by atomic mass is 10.1. The van der Waals surface area contributed by atoms with Gasteiger partial charge in [0.05, 0.1) is 10.7 Å². The minimum atomic E-state index is -0.182. The van der Waals surface area contributed by atoms with E-state index in [2.05, 4.69) is 20.8 Å². The molecule has 1 atom stereocenters. The number of carbonyl (C=O) groups excluding carboxylic acids is 1. The first-order valence-corrected chi connectivity index (χ1v) is 6.75. The lowest BCUT2D eigenvalue weighted by Crippen LogP contribution is -2.37. The predicted octanol–water partition coefficient (Wildman–Crippen LogP) is 2.49. The van der Waals surface area contributed by atoms with Crippen molar-refractivity contribution in [2.45, 2.75) is 13.0 Å². The molecule has 1 heterocycles. The summed E-state index contributed by atoms with van der Waals surface area (Å²) in [6.45, 7) is 2.54. The standard InChI is InChI=1S/C14H17ClN4O.ClH/c1-9(16-2)8-17-14(20)13-7-12(18-19-13)10-5-3-4-6-11(10)15;/h3-7,9,16H,8H2,1-2H3,(H,17,20)(H,18,19);1H. The van der Waals surface area contributed by atoms with Gasteiger partial charge in [0.15, 0.2) is 0 Å². The number of H-pyrrole nitrogens is 1. The monoisotopic (exact) mass is 328 g/mol. The van der Waals surface area contributed by atoms with Gasteiger partial charge in [-0.15, -0.1) is 12.4 Å². The van der Waals surface area contributed by atoms with Gasteiger partial charge in [-0.2, -0.15) is 5.10 Å². The number of carbonyl (C=O) groups is 1. The van der Waals surface area contributed by atoms with Gasteiger partial charge in [0.25, 0.3) is 5.91 Å². The minimum absolute atomic E-state index is 0. The highest BCUT2D eigenvalue weighted by Gasteiger charge is 2.12. The summed E-state index contributed by atoms with van der Waals surface area (Å²) in [5.41, 5.74) is 1.87. The summed E-state index contributed by atoms with van der Waals surface area (Å²) in [7, 11) is 1.85. The Morgan fingerprint density at radius 1 is 1.43 bits per heavy atom. The average molecular weight is 329 g/mol. The normalized spacial score (nSPS) is 11.6. The van der Waals surface area contributed by atoms with Crippen LogP contribution in [-0.4, -0.2) is 35.7 Å². The van der Waals surface area contributed by atoms with Crippen LogP contribution < -0.4 is 10.6 Å². The maximum Gasteiger partial charge on any atom is 0.269 e. The molecule has 0 radical (unpaired) electrons. The fourth-order valence-electron chi connectivity index (χ4n) is 1.69. The van der Waals surface area contributed by atoms with E-state index in [4.69, 9.17) is 11.6 Å². The number of likely N-dealkylation sites (N-methyl/N-ethyl adjacent to an activating group) is 1. The Hall–Kier alpha value is -1.56. The first-order valence-electron chi connectivity index (χ1n) is 6.37. The van der Waals surface area contributed by atoms with Gasteiger partial charge in [-0.05, 0) is 26.1 Å². The molecule has 1 amide bonds. The van der Waals surface area contributed by atoms with Gasteiger partial charge in [-0.25, -0.2) is 0 Å². The Balaban J connectivity index is 0.00000220. The second-order valence-corrected chi connectivity index (χ2v) is 4.95. The molecule has 2 aromatic rings. The summed E-state index contributed by atoms with van der Waals surface area (Å²) in [5.74, 6) is -0.182. The molecule has 0 saturated heterocycles. The molecule has 114 valence electrons. The van der Waals surface area contributed by atoms with Crippen molar-refractivity contribution in [3.8, 4) is 11.3 Å². The summed E-state index contributed by atoms with van der Waals surface area (Å²) in [6.07, 6.45) is 0. The first kappa shape index (κ1) is 17.5. The number of benzene rings is 1. The quantitative estimate of drug-likeness (QED) is 0.789. The Labute approximate surface area is 134 Å². The van der Waals surface area contributed by atoms with Crippen LogP contribution in [0.15, 0.2) is 30.3 Å². The van der Waals surface area contributed by atoms with E-state index < -0.39 is 0 Å². The maximum atomic E-state index is 12.0. The van der Waals surface area contributed by atoms with Gasteiger partial charge in [0, 0.05) is 18.2 Å². The van der Waals surface area contributed by atoms with Crippen molar-refractivity contribution >= 4 is 29.9 Å². The third-order valence-electron chi connectivity index (χ3n) is 3.03. The van der Waals surface area contributed by atoms with E-state index in [0.717, 1.165) is 5.56 Å². The van der Waals surface area contributed by atoms with Crippen molar-refractivity contribution < 1.29 is 4.79 Å². The number of hydrogen-bond acceptors (Lipinski definition) is 3. The molecule has 2 rings (SSSR count). The molecular weight excluding hydrogens is 311 g/mol. The van der Waals surface area contributed by atoms with E-state index in [0.29, 0.717) is 23.0 Å². The van der Waals surface area contributed by atoms with Crippen LogP contribution in [0.25, 0.3) is 11.3 Å². The van der Waals surface area contributed by atoms with Crippen molar-refractivity contribution in [2.24, 2.45) is 0 Å². The summed E-state index contributed by atoms with van der Waals surface area (Å²) in [5, 5.41) is 13.3. The molecule has 0 saturated carbocycles. The number of aromatic amines is 1. The van der Waals surface area contributed by atoms with Gasteiger partial charge in [0.1, 0.15) is 5.69 Å². The van der Waals surface area contributed by atoms with E-state index in [1.165, 1.54) is 0 Å². The van der Waals surface area contributed by atoms with Gasteiger partial charge >= 0.3 is 0 Å². The van der Waals surface area contributed by atoms with Crippen LogP contribution >= 0.6 is 24.0 Å². The third-order valence-corrected chi connectivity index (χ3v) is 3.36. The molecular formula is C14H18Cl2N4O. The molecule has 0 aliphatic carbocycles. The molecule has 0 fully saturated rings. The van der Waals surface area contributed by atoms with Crippen LogP contribution in [0.4, 0.5) is 0 Å². The SMILES string of the molecule is CNC(C)CNC(=O)c1cc(-c2ccccc2Cl)n[nH]1.Cl. The van der Waals surface area contributed by atoms with Crippen LogP contribution in [0.2, 0.25) is 5.02 Å². The van der Waals surface area contributed by atoms with E-state index in [-0.39, 0.29) is 24.4 Å². The molecule has 1 aromatic carbocycles. The smallest absolute Gasteiger partial charge is 0.269 e. The number of hydrogen-bond donors (Lipinski definition) is 3. The van der Waals surface area contributed by atoms with Crippen molar-refractivity contribution in [3.63, 3.8) is 0 Å². The highest BCUT2D eigenvalue weighted by atomic mass is 35.5. The molecule has 0 spiro atoms.